The molecule has 3 unspecified atom stereocenters. The summed E-state index contributed by atoms with van der Waals surface area (Å²) in [7, 11) is 0. The highest BCUT2D eigenvalue weighted by Gasteiger charge is 2.39. The zero-order valence-electron chi connectivity index (χ0n) is 38.7. The van der Waals surface area contributed by atoms with Crippen LogP contribution in [0.4, 0.5) is 0 Å². The average Bonchev–Trinajstić information content (AvgIpc) is 3.21. The van der Waals surface area contributed by atoms with Crippen LogP contribution in [0.25, 0.3) is 0 Å². The van der Waals surface area contributed by atoms with E-state index in [9.17, 15) is 9.59 Å². The molecule has 0 aromatic rings. The molecular weight excluding hydrogens is 701 g/mol. The fourth-order valence-electron chi connectivity index (χ4n) is 8.79. The summed E-state index contributed by atoms with van der Waals surface area (Å²) < 4.78 is 11.1. The maximum absolute atomic E-state index is 13.0. The molecule has 0 aromatic heterocycles. The Bertz CT molecular complexity index is 924. The van der Waals surface area contributed by atoms with Gasteiger partial charge in [0.05, 0.1) is 24.4 Å². The monoisotopic (exact) mass is 799 g/mol. The van der Waals surface area contributed by atoms with Gasteiger partial charge < -0.3 is 9.47 Å². The highest BCUT2D eigenvalue weighted by Crippen LogP contribution is 2.35. The van der Waals surface area contributed by atoms with Gasteiger partial charge in [-0.1, -0.05) is 239 Å². The molecule has 0 spiro atoms. The smallest absolute Gasteiger partial charge is 0.314 e. The van der Waals surface area contributed by atoms with Crippen molar-refractivity contribution in [3.8, 4) is 0 Å². The van der Waals surface area contributed by atoms with Crippen molar-refractivity contribution in [2.45, 2.75) is 284 Å². The fraction of sp³-hybridized carbons (Fsp3) is 0.887. The Morgan fingerprint density at radius 2 is 0.649 bits per heavy atom. The lowest BCUT2D eigenvalue weighted by Crippen LogP contribution is -2.36. The Balaban J connectivity index is 2.00. The van der Waals surface area contributed by atoms with E-state index in [2.05, 4.69) is 20.8 Å². The number of rotatable bonds is 42. The van der Waals surface area contributed by atoms with Crippen LogP contribution >= 0.6 is 0 Å². The van der Waals surface area contributed by atoms with Crippen molar-refractivity contribution in [3.05, 3.63) is 24.7 Å². The third-order valence-corrected chi connectivity index (χ3v) is 12.7. The number of hydrogen-bond acceptors (Lipinski definition) is 4. The summed E-state index contributed by atoms with van der Waals surface area (Å²) in [5.41, 5.74) is 0. The lowest BCUT2D eigenvalue weighted by Gasteiger charge is -2.31. The van der Waals surface area contributed by atoms with Gasteiger partial charge in [-0.3, -0.25) is 9.59 Å². The topological polar surface area (TPSA) is 52.6 Å². The summed E-state index contributed by atoms with van der Waals surface area (Å²) in [6.07, 6.45) is 61.0. The summed E-state index contributed by atoms with van der Waals surface area (Å²) in [6.45, 7) is 6.74. The standard InChI is InChI=1S/C53H98O4/c1-4-6-8-10-12-14-16-18-20-22-24-26-28-30-32-34-36-38-40-42-46-56-52(54)50-45-44-49(3)48-51(50)53(55)57-47-43-41-39-37-35-33-31-29-27-25-23-21-19-17-15-13-11-9-7-5-2/h42-43,46-47,49-51H,4-41,44-45,48H2,1-3H3. The molecule has 1 saturated carbocycles. The Kier molecular flexibility index (Phi) is 39.9. The third kappa shape index (κ3) is 34.9. The van der Waals surface area contributed by atoms with Crippen molar-refractivity contribution < 1.29 is 19.1 Å². The normalized spacial score (nSPS) is 17.2. The summed E-state index contributed by atoms with van der Waals surface area (Å²) >= 11 is 0. The molecule has 1 aliphatic rings. The van der Waals surface area contributed by atoms with E-state index in [1.165, 1.54) is 218 Å². The minimum Gasteiger partial charge on any atom is -0.435 e. The van der Waals surface area contributed by atoms with Gasteiger partial charge >= 0.3 is 11.9 Å². The highest BCUT2D eigenvalue weighted by molar-refractivity contribution is 5.82. The van der Waals surface area contributed by atoms with Crippen molar-refractivity contribution in [1.82, 2.24) is 0 Å². The molecule has 0 bridgehead atoms. The lowest BCUT2D eigenvalue weighted by atomic mass is 9.74. The molecule has 1 rings (SSSR count). The highest BCUT2D eigenvalue weighted by atomic mass is 16.5. The molecule has 0 N–H and O–H groups in total. The maximum atomic E-state index is 13.0. The van der Waals surface area contributed by atoms with Crippen molar-refractivity contribution in [2.75, 3.05) is 0 Å². The van der Waals surface area contributed by atoms with Crippen LogP contribution in [-0.4, -0.2) is 11.9 Å². The van der Waals surface area contributed by atoms with Gasteiger partial charge in [0.25, 0.3) is 0 Å². The number of carbonyl (C=O) groups excluding carboxylic acids is 2. The molecular formula is C53H98O4. The van der Waals surface area contributed by atoms with E-state index in [0.29, 0.717) is 18.8 Å². The summed E-state index contributed by atoms with van der Waals surface area (Å²) in [5, 5.41) is 0. The van der Waals surface area contributed by atoms with Gasteiger partial charge in [0.15, 0.2) is 0 Å². The Labute approximate surface area is 356 Å². The minimum atomic E-state index is -0.417. The van der Waals surface area contributed by atoms with Crippen LogP contribution in [0.2, 0.25) is 0 Å². The zero-order chi connectivity index (χ0) is 41.1. The second kappa shape index (κ2) is 42.5. The second-order valence-electron chi connectivity index (χ2n) is 18.3. The van der Waals surface area contributed by atoms with Crippen LogP contribution in [0.1, 0.15) is 284 Å². The zero-order valence-corrected chi connectivity index (χ0v) is 38.7. The van der Waals surface area contributed by atoms with Crippen LogP contribution in [0, 0.1) is 17.8 Å². The van der Waals surface area contributed by atoms with Crippen molar-refractivity contribution in [3.63, 3.8) is 0 Å². The Morgan fingerprint density at radius 1 is 0.386 bits per heavy atom. The van der Waals surface area contributed by atoms with E-state index >= 15 is 0 Å². The predicted molar refractivity (Wildman–Crippen MR) is 247 cm³/mol. The lowest BCUT2D eigenvalue weighted by molar-refractivity contribution is -0.157. The van der Waals surface area contributed by atoms with E-state index < -0.39 is 11.8 Å². The van der Waals surface area contributed by atoms with Crippen molar-refractivity contribution >= 4 is 11.9 Å². The summed E-state index contributed by atoms with van der Waals surface area (Å²) in [4.78, 5) is 26.0. The number of hydrogen-bond donors (Lipinski definition) is 0. The third-order valence-electron chi connectivity index (χ3n) is 12.7. The van der Waals surface area contributed by atoms with Gasteiger partial charge in [-0.05, 0) is 63.0 Å². The molecule has 1 aliphatic carbocycles. The van der Waals surface area contributed by atoms with Crippen LogP contribution in [0.3, 0.4) is 0 Å². The Morgan fingerprint density at radius 3 is 0.947 bits per heavy atom. The molecule has 0 amide bonds. The number of allylic oxidation sites excluding steroid dienone is 2. The average molecular weight is 799 g/mol. The first-order valence-electron chi connectivity index (χ1n) is 25.8. The van der Waals surface area contributed by atoms with E-state index in [1.54, 1.807) is 12.5 Å². The largest absolute Gasteiger partial charge is 0.435 e. The molecule has 4 heteroatoms. The van der Waals surface area contributed by atoms with Gasteiger partial charge in [0.2, 0.25) is 0 Å². The molecule has 1 fully saturated rings. The van der Waals surface area contributed by atoms with Crippen LogP contribution in [0.5, 0.6) is 0 Å². The van der Waals surface area contributed by atoms with E-state index in [0.717, 1.165) is 32.1 Å². The first-order chi connectivity index (χ1) is 28.1. The van der Waals surface area contributed by atoms with E-state index in [4.69, 9.17) is 9.47 Å². The SMILES string of the molecule is CCCCCCCCCCCCCCCCCCCCC=COC(=O)C1CCC(C)CC1C(=O)OC=CCCCCCCCCCCCCCCCCCCCC. The van der Waals surface area contributed by atoms with Gasteiger partial charge in [-0.2, -0.15) is 0 Å². The van der Waals surface area contributed by atoms with Crippen molar-refractivity contribution in [1.29, 1.82) is 0 Å². The number of ether oxygens (including phenoxy) is 2. The summed E-state index contributed by atoms with van der Waals surface area (Å²) in [5.74, 6) is -0.970. The van der Waals surface area contributed by atoms with Gasteiger partial charge in [-0.15, -0.1) is 0 Å². The number of esters is 2. The molecule has 0 aliphatic heterocycles. The van der Waals surface area contributed by atoms with Crippen LogP contribution in [0.15, 0.2) is 24.7 Å². The first-order valence-corrected chi connectivity index (χ1v) is 25.8. The molecule has 57 heavy (non-hydrogen) atoms. The first kappa shape index (κ1) is 53.4. The minimum absolute atomic E-state index is 0.277. The number of carbonyl (C=O) groups is 2. The van der Waals surface area contributed by atoms with E-state index in [1.807, 2.05) is 12.2 Å². The predicted octanol–water partition coefficient (Wildman–Crippen LogP) is 18.0. The molecule has 334 valence electrons. The van der Waals surface area contributed by atoms with Gasteiger partial charge in [-0.25, -0.2) is 0 Å². The second-order valence-corrected chi connectivity index (χ2v) is 18.3. The molecule has 4 nitrogen and oxygen atoms in total. The van der Waals surface area contributed by atoms with Crippen molar-refractivity contribution in [2.24, 2.45) is 17.8 Å². The number of unbranched alkanes of at least 4 members (excludes halogenated alkanes) is 36. The maximum Gasteiger partial charge on any atom is 0.314 e. The van der Waals surface area contributed by atoms with E-state index in [-0.39, 0.29) is 11.9 Å². The fourth-order valence-corrected chi connectivity index (χ4v) is 8.79. The Hall–Kier alpha value is -1.58. The molecule has 0 saturated heterocycles. The van der Waals surface area contributed by atoms with Gasteiger partial charge in [0.1, 0.15) is 0 Å². The summed E-state index contributed by atoms with van der Waals surface area (Å²) in [6, 6.07) is 0. The molecule has 0 aromatic carbocycles. The van der Waals surface area contributed by atoms with Crippen LogP contribution in [-0.2, 0) is 19.1 Å². The van der Waals surface area contributed by atoms with Gasteiger partial charge in [0, 0.05) is 0 Å². The quantitative estimate of drug-likeness (QED) is 0.0351. The molecule has 3 atom stereocenters. The van der Waals surface area contributed by atoms with Crippen LogP contribution < -0.4 is 0 Å². The molecule has 0 radical (unpaired) electrons. The molecule has 0 heterocycles.